The average Bonchev–Trinajstić information content (AvgIpc) is 3.60. The van der Waals surface area contributed by atoms with Gasteiger partial charge in [0.2, 0.25) is 11.8 Å². The Balaban J connectivity index is 0.000000398. The highest BCUT2D eigenvalue weighted by atomic mass is 19.1. The van der Waals surface area contributed by atoms with Gasteiger partial charge in [0, 0.05) is 32.2 Å². The molecule has 0 amide bonds. The number of nitrogens with two attached hydrogens (primary N) is 1. The molecule has 2 fully saturated rings. The van der Waals surface area contributed by atoms with Gasteiger partial charge in [-0.15, -0.1) is 0 Å². The number of hydrogen-bond acceptors (Lipinski definition) is 14. The Bertz CT molecular complexity index is 1200. The van der Waals surface area contributed by atoms with Crippen LogP contribution in [-0.4, -0.2) is 90.4 Å². The first-order valence-electron chi connectivity index (χ1n) is 12.5. The van der Waals surface area contributed by atoms with Crippen molar-refractivity contribution in [3.63, 3.8) is 0 Å². The zero-order valence-corrected chi connectivity index (χ0v) is 21.3. The number of anilines is 2. The van der Waals surface area contributed by atoms with E-state index in [4.69, 9.17) is 30.3 Å². The number of ether oxygens (including phenoxy) is 1. The quantitative estimate of drug-likeness (QED) is 0.198. The van der Waals surface area contributed by atoms with E-state index in [2.05, 4.69) is 20.1 Å². The molecule has 1 unspecified atom stereocenters. The van der Waals surface area contributed by atoms with E-state index in [1.165, 1.54) is 0 Å². The molecule has 2 aliphatic rings. The summed E-state index contributed by atoms with van der Waals surface area (Å²) < 4.78 is 34.6. The van der Waals surface area contributed by atoms with Crippen molar-refractivity contribution in [2.24, 2.45) is 11.7 Å². The molecular weight excluding hydrogens is 536 g/mol. The normalized spacial score (nSPS) is 18.4. The minimum absolute atomic E-state index is 0.0262. The molecule has 0 aliphatic carbocycles. The van der Waals surface area contributed by atoms with Gasteiger partial charge < -0.3 is 50.3 Å². The van der Waals surface area contributed by atoms with Crippen LogP contribution < -0.4 is 20.3 Å². The van der Waals surface area contributed by atoms with Crippen molar-refractivity contribution in [1.29, 1.82) is 0 Å². The van der Waals surface area contributed by atoms with Gasteiger partial charge in [-0.3, -0.25) is 0 Å². The van der Waals surface area contributed by atoms with Crippen molar-refractivity contribution in [3.05, 3.63) is 54.1 Å². The number of aliphatic hydroxyl groups is 5. The lowest BCUT2D eigenvalue weighted by Gasteiger charge is -2.30. The average molecular weight is 568 g/mol. The molecule has 2 aromatic heterocycles. The summed E-state index contributed by atoms with van der Waals surface area (Å²) in [5, 5.41) is 49.6. The molecule has 0 radical (unpaired) electrons. The number of nitrogens with zero attached hydrogens (tertiary/aromatic N) is 6. The van der Waals surface area contributed by atoms with Crippen LogP contribution in [0.2, 0.25) is 0 Å². The van der Waals surface area contributed by atoms with Crippen LogP contribution in [0, 0.1) is 17.6 Å². The van der Waals surface area contributed by atoms with Crippen molar-refractivity contribution < 1.29 is 43.6 Å². The fourth-order valence-corrected chi connectivity index (χ4v) is 4.09. The smallest absolute Gasteiger partial charge is 0.341 e. The van der Waals surface area contributed by atoms with Crippen molar-refractivity contribution >= 4 is 12.0 Å². The van der Waals surface area contributed by atoms with E-state index in [9.17, 15) is 19.0 Å². The summed E-state index contributed by atoms with van der Waals surface area (Å²) in [4.78, 5) is 16.2. The number of hydrogen-bond donors (Lipinski definition) is 6. The SMILES string of the molecule is Fc1ccc(F)cc1.NC1CCN(c2ncc(OCC3CCN(c4nc(C(O)(O)C(O)(O)O)no4)CC3)cn2)C1. The standard InChI is InChI=1S/C18H27N7O7.C6H4F2/c19-12-3-6-25(9-12)15-20-7-13(8-21-15)31-10-11-1-4-24(5-2-11)16-22-14(23-32-16)17(26,27)18(28,29)30;7-5-1-2-6(8)4-3-5/h7-8,11-12,26-30H,1-6,9-10,19H2;1-4H. The monoisotopic (exact) mass is 567 g/mol. The molecule has 218 valence electrons. The Kier molecular flexibility index (Phi) is 9.07. The topological polar surface area (TPSA) is 208 Å². The molecule has 1 atom stereocenters. The fourth-order valence-electron chi connectivity index (χ4n) is 4.09. The van der Waals surface area contributed by atoms with Crippen molar-refractivity contribution in [1.82, 2.24) is 20.1 Å². The molecule has 0 saturated carbocycles. The van der Waals surface area contributed by atoms with Gasteiger partial charge in [0.05, 0.1) is 19.0 Å². The maximum Gasteiger partial charge on any atom is 0.341 e. The lowest BCUT2D eigenvalue weighted by Crippen LogP contribution is -2.52. The van der Waals surface area contributed by atoms with Crippen LogP contribution in [0.3, 0.4) is 0 Å². The summed E-state index contributed by atoms with van der Waals surface area (Å²) in [7, 11) is 0. The van der Waals surface area contributed by atoms with Crippen LogP contribution in [0.25, 0.3) is 0 Å². The Morgan fingerprint density at radius 2 is 1.50 bits per heavy atom. The van der Waals surface area contributed by atoms with Gasteiger partial charge in [-0.2, -0.15) is 4.98 Å². The molecule has 1 aromatic carbocycles. The Hall–Kier alpha value is -3.54. The number of halogens is 2. The second-order valence-electron chi connectivity index (χ2n) is 9.60. The second kappa shape index (κ2) is 12.3. The molecule has 3 aromatic rings. The van der Waals surface area contributed by atoms with Gasteiger partial charge in [-0.25, -0.2) is 18.7 Å². The predicted octanol–water partition coefficient (Wildman–Crippen LogP) is -0.575. The second-order valence-corrected chi connectivity index (χ2v) is 9.60. The van der Waals surface area contributed by atoms with Crippen LogP contribution in [0.15, 0.2) is 41.2 Å². The summed E-state index contributed by atoms with van der Waals surface area (Å²) in [5.41, 5.74) is 5.92. The van der Waals surface area contributed by atoms with Crippen LogP contribution in [-0.2, 0) is 5.79 Å². The first-order chi connectivity index (χ1) is 18.9. The fraction of sp³-hybridized carbons (Fsp3) is 0.500. The minimum atomic E-state index is -3.85. The number of rotatable bonds is 7. The first-order valence-corrected chi connectivity index (χ1v) is 12.5. The highest BCUT2D eigenvalue weighted by Crippen LogP contribution is 2.28. The molecule has 2 saturated heterocycles. The first kappa shape index (κ1) is 29.4. The van der Waals surface area contributed by atoms with E-state index in [-0.39, 0.29) is 18.0 Å². The molecule has 5 rings (SSSR count). The molecule has 0 spiro atoms. The Morgan fingerprint density at radius 1 is 0.925 bits per heavy atom. The highest BCUT2D eigenvalue weighted by Gasteiger charge is 2.52. The van der Waals surface area contributed by atoms with Crippen LogP contribution in [0.1, 0.15) is 25.1 Å². The van der Waals surface area contributed by atoms with Crippen LogP contribution >= 0.6 is 0 Å². The maximum absolute atomic E-state index is 11.9. The van der Waals surface area contributed by atoms with E-state index in [0.717, 1.165) is 56.6 Å². The third-order valence-corrected chi connectivity index (χ3v) is 6.49. The zero-order chi connectivity index (χ0) is 28.9. The lowest BCUT2D eigenvalue weighted by atomic mass is 9.98. The van der Waals surface area contributed by atoms with Gasteiger partial charge in [-0.1, -0.05) is 5.16 Å². The van der Waals surface area contributed by atoms with Gasteiger partial charge in [0.1, 0.15) is 11.6 Å². The van der Waals surface area contributed by atoms with E-state index in [0.29, 0.717) is 31.4 Å². The van der Waals surface area contributed by atoms with Gasteiger partial charge >= 0.3 is 17.8 Å². The number of aromatic nitrogens is 4. The highest BCUT2D eigenvalue weighted by molar-refractivity contribution is 5.33. The zero-order valence-electron chi connectivity index (χ0n) is 21.3. The van der Waals surface area contributed by atoms with E-state index < -0.39 is 29.2 Å². The van der Waals surface area contributed by atoms with E-state index in [1.54, 1.807) is 17.3 Å². The third kappa shape index (κ3) is 7.35. The largest absolute Gasteiger partial charge is 0.490 e. The minimum Gasteiger partial charge on any atom is -0.490 e. The molecular formula is C24H31F2N7O7. The summed E-state index contributed by atoms with van der Waals surface area (Å²) in [6, 6.07) is 4.44. The molecule has 16 heteroatoms. The van der Waals surface area contributed by atoms with Crippen molar-refractivity contribution in [3.8, 4) is 5.75 Å². The van der Waals surface area contributed by atoms with Crippen LogP contribution in [0.5, 0.6) is 5.75 Å². The summed E-state index contributed by atoms with van der Waals surface area (Å²) >= 11 is 0. The molecule has 0 bridgehead atoms. The Labute approximate surface area is 227 Å². The molecule has 40 heavy (non-hydrogen) atoms. The summed E-state index contributed by atoms with van der Waals surface area (Å²) in [6.45, 7) is 3.15. The van der Waals surface area contributed by atoms with Gasteiger partial charge in [-0.05, 0) is 49.4 Å². The molecule has 14 nitrogen and oxygen atoms in total. The lowest BCUT2D eigenvalue weighted by molar-refractivity contribution is -0.456. The Morgan fingerprint density at radius 3 is 2.02 bits per heavy atom. The van der Waals surface area contributed by atoms with Gasteiger partial charge in [0.15, 0.2) is 5.75 Å². The molecule has 2 aliphatic heterocycles. The summed E-state index contributed by atoms with van der Waals surface area (Å²) in [5.74, 6) is -7.54. The van der Waals surface area contributed by atoms with Gasteiger partial charge in [0.25, 0.3) is 0 Å². The maximum atomic E-state index is 11.9. The molecule has 4 heterocycles. The molecule has 7 N–H and O–H groups in total. The number of benzene rings is 1. The summed E-state index contributed by atoms with van der Waals surface area (Å²) in [6.07, 6.45) is 5.73. The number of piperidine rings is 1. The van der Waals surface area contributed by atoms with E-state index >= 15 is 0 Å². The van der Waals surface area contributed by atoms with E-state index in [1.807, 2.05) is 4.90 Å². The van der Waals surface area contributed by atoms with Crippen molar-refractivity contribution in [2.75, 3.05) is 42.6 Å². The predicted molar refractivity (Wildman–Crippen MR) is 133 cm³/mol. The third-order valence-electron chi connectivity index (χ3n) is 6.49. The van der Waals surface area contributed by atoms with Crippen LogP contribution in [0.4, 0.5) is 20.7 Å². The van der Waals surface area contributed by atoms with Crippen molar-refractivity contribution in [2.45, 2.75) is 37.1 Å².